The van der Waals surface area contributed by atoms with Crippen molar-refractivity contribution in [3.8, 4) is 0 Å². The number of carbonyl (C=O) groups is 1. The van der Waals surface area contributed by atoms with Gasteiger partial charge in [-0.05, 0) is 32.6 Å². The SMILES string of the molecule is Cc1nn(C)c(C(=O)NCCC2CCCCO2)c1N. The summed E-state index contributed by atoms with van der Waals surface area (Å²) in [6.45, 7) is 3.24. The summed E-state index contributed by atoms with van der Waals surface area (Å²) in [5, 5.41) is 7.02. The summed E-state index contributed by atoms with van der Waals surface area (Å²) in [7, 11) is 1.72. The molecule has 1 atom stereocenters. The number of amides is 1. The molecular formula is C13H22N4O2. The van der Waals surface area contributed by atoms with Gasteiger partial charge in [-0.15, -0.1) is 0 Å². The minimum Gasteiger partial charge on any atom is -0.395 e. The monoisotopic (exact) mass is 266 g/mol. The van der Waals surface area contributed by atoms with Gasteiger partial charge in [0.15, 0.2) is 0 Å². The number of aromatic nitrogens is 2. The highest BCUT2D eigenvalue weighted by molar-refractivity contribution is 5.97. The Morgan fingerprint density at radius 2 is 2.37 bits per heavy atom. The van der Waals surface area contributed by atoms with Gasteiger partial charge in [0, 0.05) is 20.2 Å². The van der Waals surface area contributed by atoms with Crippen molar-refractivity contribution >= 4 is 11.6 Å². The average Bonchev–Trinajstić information content (AvgIpc) is 2.64. The largest absolute Gasteiger partial charge is 0.395 e. The van der Waals surface area contributed by atoms with Gasteiger partial charge in [0.05, 0.1) is 17.5 Å². The molecule has 0 bridgehead atoms. The average molecular weight is 266 g/mol. The number of carbonyl (C=O) groups excluding carboxylic acids is 1. The number of nitrogens with zero attached hydrogens (tertiary/aromatic N) is 2. The molecule has 1 saturated heterocycles. The molecule has 2 rings (SSSR count). The molecule has 19 heavy (non-hydrogen) atoms. The summed E-state index contributed by atoms with van der Waals surface area (Å²) >= 11 is 0. The van der Waals surface area contributed by atoms with E-state index < -0.39 is 0 Å². The highest BCUT2D eigenvalue weighted by Crippen LogP contribution is 2.16. The highest BCUT2D eigenvalue weighted by Gasteiger charge is 2.18. The van der Waals surface area contributed by atoms with E-state index in [4.69, 9.17) is 10.5 Å². The van der Waals surface area contributed by atoms with Crippen LogP contribution in [0.25, 0.3) is 0 Å². The quantitative estimate of drug-likeness (QED) is 0.851. The zero-order chi connectivity index (χ0) is 13.8. The Hall–Kier alpha value is -1.56. The van der Waals surface area contributed by atoms with Crippen molar-refractivity contribution in [1.29, 1.82) is 0 Å². The van der Waals surface area contributed by atoms with Gasteiger partial charge in [0.1, 0.15) is 5.69 Å². The fourth-order valence-corrected chi connectivity index (χ4v) is 2.41. The van der Waals surface area contributed by atoms with Gasteiger partial charge in [-0.2, -0.15) is 5.10 Å². The molecule has 0 saturated carbocycles. The van der Waals surface area contributed by atoms with Crippen LogP contribution in [0, 0.1) is 6.92 Å². The van der Waals surface area contributed by atoms with Crippen LogP contribution in [0.4, 0.5) is 5.69 Å². The standard InChI is InChI=1S/C13H22N4O2/c1-9-11(14)12(17(2)16-9)13(18)15-7-6-10-5-3-4-8-19-10/h10H,3-8,14H2,1-2H3,(H,15,18). The van der Waals surface area contributed by atoms with Gasteiger partial charge in [0.25, 0.3) is 5.91 Å². The molecule has 6 nitrogen and oxygen atoms in total. The molecular weight excluding hydrogens is 244 g/mol. The normalized spacial score (nSPS) is 19.4. The first-order valence-corrected chi connectivity index (χ1v) is 6.78. The van der Waals surface area contributed by atoms with Crippen LogP contribution in [-0.2, 0) is 11.8 Å². The Kier molecular flexibility index (Phi) is 4.42. The Morgan fingerprint density at radius 3 is 2.95 bits per heavy atom. The molecule has 3 N–H and O–H groups in total. The molecule has 1 aromatic rings. The third kappa shape index (κ3) is 3.26. The molecule has 2 heterocycles. The molecule has 1 aromatic heterocycles. The molecule has 1 unspecified atom stereocenters. The first-order valence-electron chi connectivity index (χ1n) is 6.78. The van der Waals surface area contributed by atoms with E-state index >= 15 is 0 Å². The number of anilines is 1. The first kappa shape index (κ1) is 13.9. The molecule has 1 fully saturated rings. The Labute approximate surface area is 113 Å². The lowest BCUT2D eigenvalue weighted by molar-refractivity contribution is 0.0117. The second-order valence-electron chi connectivity index (χ2n) is 5.00. The van der Waals surface area contributed by atoms with Crippen molar-refractivity contribution in [2.45, 2.75) is 38.7 Å². The van der Waals surface area contributed by atoms with Crippen molar-refractivity contribution in [2.75, 3.05) is 18.9 Å². The van der Waals surface area contributed by atoms with E-state index in [-0.39, 0.29) is 12.0 Å². The second-order valence-corrected chi connectivity index (χ2v) is 5.00. The van der Waals surface area contributed by atoms with E-state index in [9.17, 15) is 4.79 Å². The minimum absolute atomic E-state index is 0.170. The third-order valence-corrected chi connectivity index (χ3v) is 3.51. The molecule has 0 aromatic carbocycles. The maximum absolute atomic E-state index is 12.0. The Morgan fingerprint density at radius 1 is 1.58 bits per heavy atom. The number of nitrogens with one attached hydrogen (secondary N) is 1. The number of hydrogen-bond acceptors (Lipinski definition) is 4. The molecule has 1 aliphatic heterocycles. The lowest BCUT2D eigenvalue weighted by Gasteiger charge is -2.22. The van der Waals surface area contributed by atoms with Gasteiger partial charge in [0.2, 0.25) is 0 Å². The predicted molar refractivity (Wildman–Crippen MR) is 72.9 cm³/mol. The smallest absolute Gasteiger partial charge is 0.271 e. The molecule has 0 radical (unpaired) electrons. The number of nitrogens with two attached hydrogens (primary N) is 1. The van der Waals surface area contributed by atoms with Crippen LogP contribution < -0.4 is 11.1 Å². The molecule has 1 amide bonds. The number of rotatable bonds is 4. The van der Waals surface area contributed by atoms with Crippen LogP contribution >= 0.6 is 0 Å². The zero-order valence-electron chi connectivity index (χ0n) is 11.6. The van der Waals surface area contributed by atoms with Crippen LogP contribution in [-0.4, -0.2) is 34.9 Å². The first-order chi connectivity index (χ1) is 9.09. The van der Waals surface area contributed by atoms with Gasteiger partial charge >= 0.3 is 0 Å². The fraction of sp³-hybridized carbons (Fsp3) is 0.692. The summed E-state index contributed by atoms with van der Waals surface area (Å²) in [5.74, 6) is -0.170. The van der Waals surface area contributed by atoms with Gasteiger partial charge in [-0.1, -0.05) is 0 Å². The minimum atomic E-state index is -0.170. The van der Waals surface area contributed by atoms with E-state index in [0.717, 1.165) is 25.9 Å². The van der Waals surface area contributed by atoms with Crippen LogP contribution in [0.15, 0.2) is 0 Å². The molecule has 6 heteroatoms. The van der Waals surface area contributed by atoms with Crippen LogP contribution in [0.3, 0.4) is 0 Å². The number of hydrogen-bond donors (Lipinski definition) is 2. The number of aryl methyl sites for hydroxylation is 2. The summed E-state index contributed by atoms with van der Waals surface area (Å²) < 4.78 is 7.15. The topological polar surface area (TPSA) is 82.2 Å². The molecule has 106 valence electrons. The van der Waals surface area contributed by atoms with E-state index in [1.807, 2.05) is 0 Å². The maximum Gasteiger partial charge on any atom is 0.271 e. The maximum atomic E-state index is 12.0. The van der Waals surface area contributed by atoms with Crippen molar-refractivity contribution < 1.29 is 9.53 Å². The fourth-order valence-electron chi connectivity index (χ4n) is 2.41. The lowest BCUT2D eigenvalue weighted by atomic mass is 10.1. The lowest BCUT2D eigenvalue weighted by Crippen LogP contribution is -2.31. The van der Waals surface area contributed by atoms with Crippen molar-refractivity contribution in [3.63, 3.8) is 0 Å². The van der Waals surface area contributed by atoms with Crippen molar-refractivity contribution in [1.82, 2.24) is 15.1 Å². The van der Waals surface area contributed by atoms with E-state index in [1.54, 1.807) is 14.0 Å². The molecule has 0 spiro atoms. The summed E-state index contributed by atoms with van der Waals surface area (Å²) in [6, 6.07) is 0. The molecule has 1 aliphatic rings. The zero-order valence-corrected chi connectivity index (χ0v) is 11.6. The highest BCUT2D eigenvalue weighted by atomic mass is 16.5. The number of ether oxygens (including phenoxy) is 1. The number of nitrogen functional groups attached to an aromatic ring is 1. The van der Waals surface area contributed by atoms with Crippen LogP contribution in [0.2, 0.25) is 0 Å². The van der Waals surface area contributed by atoms with Crippen LogP contribution in [0.5, 0.6) is 0 Å². The van der Waals surface area contributed by atoms with E-state index in [1.165, 1.54) is 11.1 Å². The van der Waals surface area contributed by atoms with Crippen LogP contribution in [0.1, 0.15) is 41.9 Å². The van der Waals surface area contributed by atoms with Gasteiger partial charge < -0.3 is 15.8 Å². The predicted octanol–water partition coefficient (Wildman–Crippen LogP) is 1.000. The molecule has 0 aliphatic carbocycles. The van der Waals surface area contributed by atoms with E-state index in [2.05, 4.69) is 10.4 Å². The Bertz CT molecular complexity index is 450. The van der Waals surface area contributed by atoms with Crippen molar-refractivity contribution in [2.24, 2.45) is 7.05 Å². The van der Waals surface area contributed by atoms with Gasteiger partial charge in [-0.25, -0.2) is 0 Å². The Balaban J connectivity index is 1.84. The summed E-state index contributed by atoms with van der Waals surface area (Å²) in [5.41, 5.74) is 7.42. The summed E-state index contributed by atoms with van der Waals surface area (Å²) in [6.07, 6.45) is 4.57. The van der Waals surface area contributed by atoms with E-state index in [0.29, 0.717) is 23.6 Å². The van der Waals surface area contributed by atoms with Gasteiger partial charge in [-0.3, -0.25) is 9.48 Å². The third-order valence-electron chi connectivity index (χ3n) is 3.51. The second kappa shape index (κ2) is 6.06. The summed E-state index contributed by atoms with van der Waals surface area (Å²) in [4.78, 5) is 12.0. The van der Waals surface area contributed by atoms with Crippen molar-refractivity contribution in [3.05, 3.63) is 11.4 Å².